The molecule has 0 radical (unpaired) electrons. The number of benzene rings is 1. The van der Waals surface area contributed by atoms with Crippen LogP contribution < -0.4 is 5.32 Å². The summed E-state index contributed by atoms with van der Waals surface area (Å²) in [6.07, 6.45) is 5.48. The molecule has 1 aromatic carbocycles. The van der Waals surface area contributed by atoms with Crippen molar-refractivity contribution in [2.45, 2.75) is 39.2 Å². The summed E-state index contributed by atoms with van der Waals surface area (Å²) in [6.45, 7) is 5.30. The summed E-state index contributed by atoms with van der Waals surface area (Å²) in [5.74, 6) is 0. The predicted molar refractivity (Wildman–Crippen MR) is 83.7 cm³/mol. The molecule has 3 nitrogen and oxygen atoms in total. The topological polar surface area (TPSA) is 29.9 Å². The Morgan fingerprint density at radius 2 is 2.00 bits per heavy atom. The van der Waals surface area contributed by atoms with Gasteiger partial charge < -0.3 is 5.32 Å². The minimum Gasteiger partial charge on any atom is -0.310 e. The van der Waals surface area contributed by atoms with Crippen LogP contribution in [0.5, 0.6) is 0 Å². The highest BCUT2D eigenvalue weighted by atomic mass is 15.3. The summed E-state index contributed by atoms with van der Waals surface area (Å²) >= 11 is 0. The molecule has 0 aliphatic carbocycles. The van der Waals surface area contributed by atoms with E-state index in [9.17, 15) is 0 Å². The van der Waals surface area contributed by atoms with Crippen molar-refractivity contribution < 1.29 is 0 Å². The Hall–Kier alpha value is -1.61. The van der Waals surface area contributed by atoms with Crippen molar-refractivity contribution >= 4 is 0 Å². The summed E-state index contributed by atoms with van der Waals surface area (Å²) in [6, 6.07) is 11.1. The molecular formula is C17H25N3. The van der Waals surface area contributed by atoms with Crippen molar-refractivity contribution in [3.63, 3.8) is 0 Å². The highest BCUT2D eigenvalue weighted by molar-refractivity contribution is 5.21. The van der Waals surface area contributed by atoms with E-state index < -0.39 is 0 Å². The molecule has 0 saturated heterocycles. The zero-order valence-corrected chi connectivity index (χ0v) is 12.8. The molecule has 20 heavy (non-hydrogen) atoms. The molecule has 0 saturated carbocycles. The molecule has 0 fully saturated rings. The summed E-state index contributed by atoms with van der Waals surface area (Å²) < 4.78 is 1.96. The molecule has 1 N–H and O–H groups in total. The molecule has 2 rings (SSSR count). The monoisotopic (exact) mass is 271 g/mol. The van der Waals surface area contributed by atoms with Crippen LogP contribution in [-0.4, -0.2) is 16.3 Å². The van der Waals surface area contributed by atoms with E-state index in [2.05, 4.69) is 54.6 Å². The van der Waals surface area contributed by atoms with E-state index in [0.29, 0.717) is 6.04 Å². The Morgan fingerprint density at radius 3 is 2.60 bits per heavy atom. The van der Waals surface area contributed by atoms with Gasteiger partial charge in [0.25, 0.3) is 0 Å². The van der Waals surface area contributed by atoms with Gasteiger partial charge in [0, 0.05) is 24.3 Å². The van der Waals surface area contributed by atoms with Crippen molar-refractivity contribution in [1.82, 2.24) is 15.1 Å². The average molecular weight is 271 g/mol. The SMILES string of the molecule is CCNC(CCCc1ccccc1)c1cnn(C)c1C. The molecule has 0 spiro atoms. The maximum absolute atomic E-state index is 4.36. The van der Waals surface area contributed by atoms with Crippen LogP contribution in [0.2, 0.25) is 0 Å². The zero-order valence-electron chi connectivity index (χ0n) is 12.8. The van der Waals surface area contributed by atoms with Gasteiger partial charge in [0.15, 0.2) is 0 Å². The number of hydrogen-bond donors (Lipinski definition) is 1. The Kier molecular flexibility index (Phi) is 5.36. The third-order valence-electron chi connectivity index (χ3n) is 3.90. The highest BCUT2D eigenvalue weighted by Crippen LogP contribution is 2.22. The largest absolute Gasteiger partial charge is 0.310 e. The lowest BCUT2D eigenvalue weighted by Gasteiger charge is -2.17. The summed E-state index contributed by atoms with van der Waals surface area (Å²) in [5.41, 5.74) is 4.02. The first-order valence-electron chi connectivity index (χ1n) is 7.48. The van der Waals surface area contributed by atoms with E-state index >= 15 is 0 Å². The second kappa shape index (κ2) is 7.25. The number of nitrogens with zero attached hydrogens (tertiary/aromatic N) is 2. The number of nitrogens with one attached hydrogen (secondary N) is 1. The fourth-order valence-electron chi connectivity index (χ4n) is 2.63. The standard InChI is InChI=1S/C17H25N3/c1-4-18-17(16-13-19-20(3)14(16)2)12-8-11-15-9-6-5-7-10-15/h5-7,9-10,13,17-18H,4,8,11-12H2,1-3H3. The fraction of sp³-hybridized carbons (Fsp3) is 0.471. The lowest BCUT2D eigenvalue weighted by molar-refractivity contribution is 0.495. The van der Waals surface area contributed by atoms with E-state index in [0.717, 1.165) is 19.4 Å². The van der Waals surface area contributed by atoms with Crippen LogP contribution in [0.3, 0.4) is 0 Å². The molecule has 3 heteroatoms. The molecule has 1 atom stereocenters. The summed E-state index contributed by atoms with van der Waals surface area (Å²) in [4.78, 5) is 0. The van der Waals surface area contributed by atoms with Gasteiger partial charge in [0.2, 0.25) is 0 Å². The van der Waals surface area contributed by atoms with Crippen LogP contribution in [0, 0.1) is 6.92 Å². The van der Waals surface area contributed by atoms with Gasteiger partial charge in [-0.25, -0.2) is 0 Å². The van der Waals surface area contributed by atoms with Gasteiger partial charge in [-0.1, -0.05) is 37.3 Å². The first-order chi connectivity index (χ1) is 9.72. The zero-order chi connectivity index (χ0) is 14.4. The maximum atomic E-state index is 4.36. The average Bonchev–Trinajstić information content (AvgIpc) is 2.79. The lowest BCUT2D eigenvalue weighted by Crippen LogP contribution is -2.21. The third kappa shape index (κ3) is 3.70. The number of aryl methyl sites for hydroxylation is 2. The molecule has 0 aliphatic rings. The van der Waals surface area contributed by atoms with Crippen LogP contribution in [0.25, 0.3) is 0 Å². The summed E-state index contributed by atoms with van der Waals surface area (Å²) in [5, 5.41) is 7.95. The van der Waals surface area contributed by atoms with Gasteiger partial charge >= 0.3 is 0 Å². The Morgan fingerprint density at radius 1 is 1.25 bits per heavy atom. The van der Waals surface area contributed by atoms with Crippen molar-refractivity contribution in [1.29, 1.82) is 0 Å². The van der Waals surface area contributed by atoms with E-state index in [1.165, 1.54) is 23.2 Å². The molecule has 0 aliphatic heterocycles. The van der Waals surface area contributed by atoms with Crippen LogP contribution in [0.1, 0.15) is 42.6 Å². The Labute approximate surface area is 122 Å². The van der Waals surface area contributed by atoms with Crippen molar-refractivity contribution in [2.24, 2.45) is 7.05 Å². The number of hydrogen-bond acceptors (Lipinski definition) is 2. The second-order valence-electron chi connectivity index (χ2n) is 5.30. The molecule has 0 bridgehead atoms. The van der Waals surface area contributed by atoms with Gasteiger partial charge in [0.05, 0.1) is 6.20 Å². The Balaban J connectivity index is 1.94. The van der Waals surface area contributed by atoms with E-state index in [1.807, 2.05) is 17.9 Å². The minimum absolute atomic E-state index is 0.414. The van der Waals surface area contributed by atoms with Gasteiger partial charge in [-0.3, -0.25) is 4.68 Å². The highest BCUT2D eigenvalue weighted by Gasteiger charge is 2.15. The quantitative estimate of drug-likeness (QED) is 0.836. The molecule has 1 unspecified atom stereocenters. The lowest BCUT2D eigenvalue weighted by atomic mass is 9.99. The molecule has 1 aromatic heterocycles. The first-order valence-corrected chi connectivity index (χ1v) is 7.48. The predicted octanol–water partition coefficient (Wildman–Crippen LogP) is 3.40. The number of aromatic nitrogens is 2. The van der Waals surface area contributed by atoms with Crippen molar-refractivity contribution in [3.05, 3.63) is 53.3 Å². The molecule has 0 amide bonds. The van der Waals surface area contributed by atoms with Crippen molar-refractivity contribution in [3.8, 4) is 0 Å². The normalized spacial score (nSPS) is 12.6. The number of rotatable bonds is 7. The fourth-order valence-corrected chi connectivity index (χ4v) is 2.63. The van der Waals surface area contributed by atoms with Crippen LogP contribution in [0.4, 0.5) is 0 Å². The van der Waals surface area contributed by atoms with E-state index in [4.69, 9.17) is 0 Å². The van der Waals surface area contributed by atoms with Gasteiger partial charge in [-0.05, 0) is 38.3 Å². The van der Waals surface area contributed by atoms with Crippen LogP contribution >= 0.6 is 0 Å². The van der Waals surface area contributed by atoms with Gasteiger partial charge in [-0.15, -0.1) is 0 Å². The van der Waals surface area contributed by atoms with E-state index in [-0.39, 0.29) is 0 Å². The second-order valence-corrected chi connectivity index (χ2v) is 5.30. The smallest absolute Gasteiger partial charge is 0.0540 e. The molecule has 2 aromatic rings. The van der Waals surface area contributed by atoms with Gasteiger partial charge in [0.1, 0.15) is 0 Å². The maximum Gasteiger partial charge on any atom is 0.0540 e. The van der Waals surface area contributed by atoms with Crippen molar-refractivity contribution in [2.75, 3.05) is 6.54 Å². The first kappa shape index (κ1) is 14.8. The Bertz CT molecular complexity index is 516. The molecule has 108 valence electrons. The molecule has 1 heterocycles. The van der Waals surface area contributed by atoms with Gasteiger partial charge in [-0.2, -0.15) is 5.10 Å². The van der Waals surface area contributed by atoms with Crippen LogP contribution in [-0.2, 0) is 13.5 Å². The van der Waals surface area contributed by atoms with Crippen LogP contribution in [0.15, 0.2) is 36.5 Å². The third-order valence-corrected chi connectivity index (χ3v) is 3.90. The summed E-state index contributed by atoms with van der Waals surface area (Å²) in [7, 11) is 2.01. The minimum atomic E-state index is 0.414. The molecular weight excluding hydrogens is 246 g/mol. The van der Waals surface area contributed by atoms with E-state index in [1.54, 1.807) is 0 Å².